The van der Waals surface area contributed by atoms with Crippen LogP contribution in [0, 0.1) is 0 Å². The number of carbonyl (C=O) groups excluding carboxylic acids is 1. The largest absolute Gasteiger partial charge is 0.497 e. The van der Waals surface area contributed by atoms with Gasteiger partial charge in [-0.3, -0.25) is 9.69 Å². The molecule has 28 heavy (non-hydrogen) atoms. The number of benzene rings is 2. The van der Waals surface area contributed by atoms with Crippen LogP contribution >= 0.6 is 0 Å². The highest BCUT2D eigenvalue weighted by molar-refractivity contribution is 5.98. The molecule has 3 rings (SSSR count). The second-order valence-electron chi connectivity index (χ2n) is 7.40. The summed E-state index contributed by atoms with van der Waals surface area (Å²) in [4.78, 5) is 18.1. The summed E-state index contributed by atoms with van der Waals surface area (Å²) in [5, 5.41) is 0. The molecule has 6 heteroatoms. The van der Waals surface area contributed by atoms with E-state index in [0.29, 0.717) is 6.42 Å². The van der Waals surface area contributed by atoms with E-state index in [1.807, 2.05) is 31.2 Å². The van der Waals surface area contributed by atoms with Crippen molar-refractivity contribution in [1.29, 1.82) is 0 Å². The van der Waals surface area contributed by atoms with E-state index < -0.39 is 5.54 Å². The molecule has 2 N–H and O–H groups in total. The standard InChI is InChI=1S/C22H27N3O3/c1-22(14-20(26)25(2)21(23)24-22)9-8-15-6-5-7-16(10-15)17-11-18(27-3)13-19(12-17)28-4/h5-7,10-13H,8-9,14H2,1-4H3,(H2,23,24). The molecule has 0 bridgehead atoms. The maximum absolute atomic E-state index is 12.1. The van der Waals surface area contributed by atoms with E-state index in [0.717, 1.165) is 35.5 Å². The number of guanidine groups is 1. The van der Waals surface area contributed by atoms with Gasteiger partial charge in [-0.25, -0.2) is 4.99 Å². The maximum Gasteiger partial charge on any atom is 0.231 e. The molecule has 0 fully saturated rings. The van der Waals surface area contributed by atoms with Crippen molar-refractivity contribution in [2.24, 2.45) is 10.7 Å². The number of hydrogen-bond donors (Lipinski definition) is 1. The second kappa shape index (κ2) is 7.92. The number of carbonyl (C=O) groups is 1. The minimum absolute atomic E-state index is 0.00669. The average Bonchev–Trinajstić information content (AvgIpc) is 2.70. The number of aliphatic imine (C=N–C) groups is 1. The molecular formula is C22H27N3O3. The summed E-state index contributed by atoms with van der Waals surface area (Å²) in [7, 11) is 4.95. The van der Waals surface area contributed by atoms with Crippen LogP contribution in [-0.2, 0) is 11.2 Å². The highest BCUT2D eigenvalue weighted by Crippen LogP contribution is 2.31. The van der Waals surface area contributed by atoms with Crippen molar-refractivity contribution in [3.8, 4) is 22.6 Å². The van der Waals surface area contributed by atoms with Gasteiger partial charge in [0.25, 0.3) is 0 Å². The van der Waals surface area contributed by atoms with Crippen LogP contribution in [0.15, 0.2) is 47.5 Å². The fourth-order valence-corrected chi connectivity index (χ4v) is 3.40. The Balaban J connectivity index is 1.80. The zero-order valence-electron chi connectivity index (χ0n) is 16.9. The predicted octanol–water partition coefficient (Wildman–Crippen LogP) is 3.24. The number of amides is 1. The summed E-state index contributed by atoms with van der Waals surface area (Å²) in [5.41, 5.74) is 8.73. The number of methoxy groups -OCH3 is 2. The molecule has 2 aromatic rings. The second-order valence-corrected chi connectivity index (χ2v) is 7.40. The quantitative estimate of drug-likeness (QED) is 0.833. The van der Waals surface area contributed by atoms with Gasteiger partial charge in [-0.15, -0.1) is 0 Å². The minimum Gasteiger partial charge on any atom is -0.497 e. The Kier molecular flexibility index (Phi) is 5.58. The number of nitrogens with zero attached hydrogens (tertiary/aromatic N) is 2. The third-order valence-corrected chi connectivity index (χ3v) is 5.20. The SMILES string of the molecule is COc1cc(OC)cc(-c2cccc(CCC3(C)CC(=O)N(C)C(N)=N3)c2)c1. The van der Waals surface area contributed by atoms with Crippen molar-refractivity contribution >= 4 is 11.9 Å². The highest BCUT2D eigenvalue weighted by atomic mass is 16.5. The van der Waals surface area contributed by atoms with Crippen LogP contribution in [0.1, 0.15) is 25.3 Å². The molecule has 1 aliphatic heterocycles. The summed E-state index contributed by atoms with van der Waals surface area (Å²) in [6.45, 7) is 1.99. The van der Waals surface area contributed by atoms with Crippen LogP contribution in [-0.4, -0.2) is 43.6 Å². The number of hydrogen-bond acceptors (Lipinski definition) is 5. The molecule has 0 saturated heterocycles. The third kappa shape index (κ3) is 4.27. The first-order valence-corrected chi connectivity index (χ1v) is 9.28. The van der Waals surface area contributed by atoms with Gasteiger partial charge in [-0.2, -0.15) is 0 Å². The Labute approximate surface area is 166 Å². The summed E-state index contributed by atoms with van der Waals surface area (Å²) in [6.07, 6.45) is 1.92. The van der Waals surface area contributed by atoms with Crippen molar-refractivity contribution in [2.45, 2.75) is 31.7 Å². The molecule has 1 amide bonds. The summed E-state index contributed by atoms with van der Waals surface area (Å²) in [5.74, 6) is 1.80. The average molecular weight is 381 g/mol. The van der Waals surface area contributed by atoms with E-state index in [-0.39, 0.29) is 11.9 Å². The van der Waals surface area contributed by atoms with Gasteiger partial charge >= 0.3 is 0 Å². The fraction of sp³-hybridized carbons (Fsp3) is 0.364. The number of rotatable bonds is 6. The Morgan fingerprint density at radius 3 is 2.39 bits per heavy atom. The van der Waals surface area contributed by atoms with E-state index in [1.54, 1.807) is 21.3 Å². The van der Waals surface area contributed by atoms with Crippen LogP contribution in [0.3, 0.4) is 0 Å². The lowest BCUT2D eigenvalue weighted by atomic mass is 9.88. The summed E-state index contributed by atoms with van der Waals surface area (Å²) < 4.78 is 10.8. The summed E-state index contributed by atoms with van der Waals surface area (Å²) in [6, 6.07) is 14.2. The lowest BCUT2D eigenvalue weighted by Gasteiger charge is -2.33. The van der Waals surface area contributed by atoms with Crippen LogP contribution in [0.5, 0.6) is 11.5 Å². The zero-order chi connectivity index (χ0) is 20.3. The Bertz CT molecular complexity index is 887. The normalized spacial score (nSPS) is 19.4. The molecule has 2 aromatic carbocycles. The number of nitrogens with two attached hydrogens (primary N) is 1. The van der Waals surface area contributed by atoms with Crippen molar-refractivity contribution in [2.75, 3.05) is 21.3 Å². The third-order valence-electron chi connectivity index (χ3n) is 5.20. The van der Waals surface area contributed by atoms with Crippen LogP contribution in [0.4, 0.5) is 0 Å². The first-order valence-electron chi connectivity index (χ1n) is 9.28. The van der Waals surface area contributed by atoms with Crippen molar-refractivity contribution in [3.63, 3.8) is 0 Å². The van der Waals surface area contributed by atoms with E-state index in [4.69, 9.17) is 15.2 Å². The Morgan fingerprint density at radius 1 is 1.11 bits per heavy atom. The molecule has 6 nitrogen and oxygen atoms in total. The Hall–Kier alpha value is -3.02. The van der Waals surface area contributed by atoms with Gasteiger partial charge in [0.1, 0.15) is 11.5 Å². The smallest absolute Gasteiger partial charge is 0.231 e. The van der Waals surface area contributed by atoms with Gasteiger partial charge in [0.05, 0.1) is 26.2 Å². The van der Waals surface area contributed by atoms with Crippen LogP contribution in [0.25, 0.3) is 11.1 Å². The van der Waals surface area contributed by atoms with Gasteiger partial charge in [-0.05, 0) is 48.6 Å². The molecule has 0 radical (unpaired) electrons. The summed E-state index contributed by atoms with van der Waals surface area (Å²) >= 11 is 0. The van der Waals surface area contributed by atoms with Crippen molar-refractivity contribution in [1.82, 2.24) is 4.90 Å². The van der Waals surface area contributed by atoms with Gasteiger partial charge in [0, 0.05) is 13.1 Å². The molecule has 0 aliphatic carbocycles. The topological polar surface area (TPSA) is 77.2 Å². The lowest BCUT2D eigenvalue weighted by Crippen LogP contribution is -2.48. The van der Waals surface area contributed by atoms with Gasteiger partial charge in [-0.1, -0.05) is 24.3 Å². The monoisotopic (exact) mass is 381 g/mol. The molecule has 1 aliphatic rings. The maximum atomic E-state index is 12.1. The van der Waals surface area contributed by atoms with Gasteiger partial charge in [0.15, 0.2) is 5.96 Å². The molecule has 1 unspecified atom stereocenters. The zero-order valence-corrected chi connectivity index (χ0v) is 16.9. The predicted molar refractivity (Wildman–Crippen MR) is 111 cm³/mol. The van der Waals surface area contributed by atoms with E-state index in [9.17, 15) is 4.79 Å². The van der Waals surface area contributed by atoms with E-state index in [1.165, 1.54) is 10.5 Å². The Morgan fingerprint density at radius 2 is 1.79 bits per heavy atom. The van der Waals surface area contributed by atoms with Gasteiger partial charge < -0.3 is 15.2 Å². The fourth-order valence-electron chi connectivity index (χ4n) is 3.40. The number of aryl methyl sites for hydroxylation is 1. The first kappa shape index (κ1) is 19.7. The van der Waals surface area contributed by atoms with Crippen molar-refractivity contribution in [3.05, 3.63) is 48.0 Å². The minimum atomic E-state index is -0.469. The molecular weight excluding hydrogens is 354 g/mol. The molecule has 1 atom stereocenters. The molecule has 0 spiro atoms. The highest BCUT2D eigenvalue weighted by Gasteiger charge is 2.34. The number of ether oxygens (including phenoxy) is 2. The van der Waals surface area contributed by atoms with Crippen LogP contribution in [0.2, 0.25) is 0 Å². The lowest BCUT2D eigenvalue weighted by molar-refractivity contribution is -0.128. The molecule has 1 heterocycles. The molecule has 0 aromatic heterocycles. The molecule has 148 valence electrons. The van der Waals surface area contributed by atoms with E-state index >= 15 is 0 Å². The molecule has 0 saturated carbocycles. The van der Waals surface area contributed by atoms with Gasteiger partial charge in [0.2, 0.25) is 5.91 Å². The first-order chi connectivity index (χ1) is 13.3. The van der Waals surface area contributed by atoms with E-state index in [2.05, 4.69) is 23.2 Å². The van der Waals surface area contributed by atoms with Crippen molar-refractivity contribution < 1.29 is 14.3 Å². The van der Waals surface area contributed by atoms with Crippen LogP contribution < -0.4 is 15.2 Å².